The van der Waals surface area contributed by atoms with Crippen LogP contribution >= 0.6 is 0 Å². The Hall–Kier alpha value is -3.55. The fraction of sp³-hybridized carbons (Fsp3) is 0.385. The van der Waals surface area contributed by atoms with Gasteiger partial charge in [0.2, 0.25) is 11.8 Å². The highest BCUT2D eigenvalue weighted by atomic mass is 19.1. The molecule has 7 nitrogen and oxygen atoms in total. The first-order valence-corrected chi connectivity index (χ1v) is 11.3. The Morgan fingerprint density at radius 1 is 1.00 bits per heavy atom. The molecule has 4 amide bonds. The largest absolute Gasteiger partial charge is 0.350 e. The monoisotopic (exact) mass is 467 g/mol. The van der Waals surface area contributed by atoms with Crippen molar-refractivity contribution in [2.24, 2.45) is 0 Å². The van der Waals surface area contributed by atoms with Gasteiger partial charge in [0.1, 0.15) is 11.9 Å². The van der Waals surface area contributed by atoms with Crippen molar-refractivity contribution in [2.45, 2.75) is 58.7 Å². The van der Waals surface area contributed by atoms with E-state index in [1.807, 2.05) is 20.8 Å². The lowest BCUT2D eigenvalue weighted by Gasteiger charge is -2.31. The van der Waals surface area contributed by atoms with Crippen molar-refractivity contribution in [3.05, 3.63) is 71.0 Å². The van der Waals surface area contributed by atoms with E-state index in [9.17, 15) is 23.6 Å². The highest BCUT2D eigenvalue weighted by Crippen LogP contribution is 2.23. The van der Waals surface area contributed by atoms with E-state index in [0.717, 1.165) is 4.90 Å². The summed E-state index contributed by atoms with van der Waals surface area (Å²) in [5, 5.41) is 2.88. The van der Waals surface area contributed by atoms with Gasteiger partial charge in [-0.05, 0) is 63.9 Å². The summed E-state index contributed by atoms with van der Waals surface area (Å²) < 4.78 is 13.3. The Balaban J connectivity index is 1.68. The zero-order chi connectivity index (χ0) is 25.0. The molecule has 1 N–H and O–H groups in total. The summed E-state index contributed by atoms with van der Waals surface area (Å²) in [5.41, 5.74) is 0.945. The summed E-state index contributed by atoms with van der Waals surface area (Å²) >= 11 is 0. The minimum absolute atomic E-state index is 0.0434. The molecular formula is C26H30FN3O4. The number of carbonyl (C=O) groups excluding carboxylic acids is 4. The molecule has 1 heterocycles. The van der Waals surface area contributed by atoms with Gasteiger partial charge in [0.15, 0.2) is 0 Å². The summed E-state index contributed by atoms with van der Waals surface area (Å²) in [4.78, 5) is 53.6. The molecular weight excluding hydrogens is 437 g/mol. The number of imide groups is 1. The van der Waals surface area contributed by atoms with E-state index in [1.54, 1.807) is 43.3 Å². The first-order chi connectivity index (χ1) is 16.0. The molecule has 0 bridgehead atoms. The molecule has 1 aliphatic rings. The van der Waals surface area contributed by atoms with E-state index < -0.39 is 11.6 Å². The average molecular weight is 468 g/mol. The van der Waals surface area contributed by atoms with Crippen LogP contribution < -0.4 is 5.32 Å². The van der Waals surface area contributed by atoms with Gasteiger partial charge in [-0.2, -0.15) is 0 Å². The Morgan fingerprint density at radius 3 is 2.09 bits per heavy atom. The van der Waals surface area contributed by atoms with Crippen molar-refractivity contribution in [3.63, 3.8) is 0 Å². The van der Waals surface area contributed by atoms with E-state index in [1.165, 1.54) is 17.0 Å². The van der Waals surface area contributed by atoms with Gasteiger partial charge in [0.05, 0.1) is 11.1 Å². The Labute approximate surface area is 198 Å². The van der Waals surface area contributed by atoms with E-state index >= 15 is 0 Å². The van der Waals surface area contributed by atoms with Crippen molar-refractivity contribution in [1.82, 2.24) is 15.1 Å². The lowest BCUT2D eigenvalue weighted by atomic mass is 10.1. The molecule has 2 aromatic carbocycles. The van der Waals surface area contributed by atoms with Gasteiger partial charge in [-0.1, -0.05) is 24.3 Å². The zero-order valence-electron chi connectivity index (χ0n) is 19.9. The molecule has 1 aliphatic heterocycles. The molecule has 0 fully saturated rings. The van der Waals surface area contributed by atoms with Crippen LogP contribution in [0.1, 0.15) is 66.8 Å². The van der Waals surface area contributed by atoms with Gasteiger partial charge in [0, 0.05) is 25.0 Å². The van der Waals surface area contributed by atoms with Gasteiger partial charge in [0.25, 0.3) is 11.8 Å². The number of nitrogens with zero attached hydrogens (tertiary/aromatic N) is 2. The molecule has 0 aromatic heterocycles. The maximum atomic E-state index is 13.3. The van der Waals surface area contributed by atoms with Gasteiger partial charge in [-0.15, -0.1) is 0 Å². The van der Waals surface area contributed by atoms with Crippen molar-refractivity contribution in [2.75, 3.05) is 6.54 Å². The van der Waals surface area contributed by atoms with Crippen molar-refractivity contribution in [1.29, 1.82) is 0 Å². The Kier molecular flexibility index (Phi) is 7.49. The lowest BCUT2D eigenvalue weighted by molar-refractivity contribution is -0.141. The minimum atomic E-state index is -0.768. The third-order valence-electron chi connectivity index (χ3n) is 5.58. The minimum Gasteiger partial charge on any atom is -0.350 e. The molecule has 180 valence electrons. The number of benzene rings is 2. The van der Waals surface area contributed by atoms with Gasteiger partial charge in [-0.25, -0.2) is 4.39 Å². The topological polar surface area (TPSA) is 86.8 Å². The third kappa shape index (κ3) is 5.87. The molecule has 0 saturated heterocycles. The molecule has 8 heteroatoms. The van der Waals surface area contributed by atoms with Crippen molar-refractivity contribution >= 4 is 23.6 Å². The van der Waals surface area contributed by atoms with Crippen LogP contribution in [0, 0.1) is 5.82 Å². The van der Waals surface area contributed by atoms with Crippen LogP contribution in [0.15, 0.2) is 48.5 Å². The fourth-order valence-electron chi connectivity index (χ4n) is 3.82. The molecule has 3 rings (SSSR count). The molecule has 0 saturated carbocycles. The lowest BCUT2D eigenvalue weighted by Crippen LogP contribution is -2.52. The van der Waals surface area contributed by atoms with Gasteiger partial charge < -0.3 is 10.2 Å². The van der Waals surface area contributed by atoms with Gasteiger partial charge in [-0.3, -0.25) is 24.1 Å². The molecule has 0 unspecified atom stereocenters. The van der Waals surface area contributed by atoms with Crippen molar-refractivity contribution in [3.8, 4) is 0 Å². The number of amides is 4. The quantitative estimate of drug-likeness (QED) is 0.602. The Bertz CT molecular complexity index is 1060. The predicted octanol–water partition coefficient (Wildman–Crippen LogP) is 3.53. The second kappa shape index (κ2) is 10.2. The first kappa shape index (κ1) is 25.1. The molecule has 1 atom stereocenters. The van der Waals surface area contributed by atoms with E-state index in [4.69, 9.17) is 0 Å². The second-order valence-electron chi connectivity index (χ2n) is 9.47. The third-order valence-corrected chi connectivity index (χ3v) is 5.58. The smallest absolute Gasteiger partial charge is 0.261 e. The highest BCUT2D eigenvalue weighted by Gasteiger charge is 2.35. The molecule has 34 heavy (non-hydrogen) atoms. The van der Waals surface area contributed by atoms with Crippen LogP contribution in [-0.2, 0) is 16.1 Å². The van der Waals surface area contributed by atoms with E-state index in [-0.39, 0.29) is 55.4 Å². The second-order valence-corrected chi connectivity index (χ2v) is 9.47. The summed E-state index contributed by atoms with van der Waals surface area (Å²) in [7, 11) is 0. The highest BCUT2D eigenvalue weighted by molar-refractivity contribution is 6.21. The molecule has 0 aliphatic carbocycles. The number of fused-ring (bicyclic) bond motifs is 1. The number of rotatable bonds is 8. The number of hydrogen-bond acceptors (Lipinski definition) is 4. The maximum absolute atomic E-state index is 13.3. The van der Waals surface area contributed by atoms with Crippen LogP contribution in [0.5, 0.6) is 0 Å². The van der Waals surface area contributed by atoms with Crippen LogP contribution in [0.2, 0.25) is 0 Å². The molecule has 0 spiro atoms. The van der Waals surface area contributed by atoms with Crippen LogP contribution in [0.4, 0.5) is 4.39 Å². The molecule has 2 aromatic rings. The number of carbonyl (C=O) groups is 4. The number of halogens is 1. The molecule has 0 radical (unpaired) electrons. The Morgan fingerprint density at radius 2 is 1.56 bits per heavy atom. The first-order valence-electron chi connectivity index (χ1n) is 11.3. The normalized spacial score (nSPS) is 14.1. The number of nitrogens with one attached hydrogen (secondary N) is 1. The predicted molar refractivity (Wildman–Crippen MR) is 125 cm³/mol. The van der Waals surface area contributed by atoms with Crippen molar-refractivity contribution < 1.29 is 23.6 Å². The summed E-state index contributed by atoms with van der Waals surface area (Å²) in [6.45, 7) is 7.44. The SMILES string of the molecule is C[C@@H](C(=O)NC(C)(C)C)N(Cc1ccc(F)cc1)C(=O)CCCN1C(=O)c2ccccc2C1=O. The summed E-state index contributed by atoms with van der Waals surface area (Å²) in [5.74, 6) is -1.72. The van der Waals surface area contributed by atoms with E-state index in [0.29, 0.717) is 16.7 Å². The maximum Gasteiger partial charge on any atom is 0.261 e. The summed E-state index contributed by atoms with van der Waals surface area (Å²) in [6, 6.07) is 11.6. The standard InChI is InChI=1S/C26H30FN3O4/c1-17(23(32)28-26(2,3)4)30(16-18-11-13-19(27)14-12-18)22(31)10-7-15-29-24(33)20-8-5-6-9-21(20)25(29)34/h5-6,8-9,11-14,17H,7,10,15-16H2,1-4H3,(H,28,32)/t17-/m0/s1. The average Bonchev–Trinajstić information content (AvgIpc) is 3.02. The number of hydrogen-bond donors (Lipinski definition) is 1. The summed E-state index contributed by atoms with van der Waals surface area (Å²) in [6.07, 6.45) is 0.305. The fourth-order valence-corrected chi connectivity index (χ4v) is 3.82. The zero-order valence-corrected chi connectivity index (χ0v) is 19.9. The van der Waals surface area contributed by atoms with Gasteiger partial charge >= 0.3 is 0 Å². The van der Waals surface area contributed by atoms with Crippen LogP contribution in [0.25, 0.3) is 0 Å². The van der Waals surface area contributed by atoms with Crippen LogP contribution in [-0.4, -0.2) is 51.6 Å². The van der Waals surface area contributed by atoms with Crippen LogP contribution in [0.3, 0.4) is 0 Å². The van der Waals surface area contributed by atoms with E-state index in [2.05, 4.69) is 5.32 Å².